The molecule has 1 heterocycles. The molecule has 0 amide bonds. The van der Waals surface area contributed by atoms with Crippen LogP contribution in [0.4, 0.5) is 4.39 Å². The SMILES string of the molecule is CC.CCCCCC(C)c1cc2cc(F)ccc2[nH]1. The molecular weight excluding hydrogens is 237 g/mol. The molecule has 0 fully saturated rings. The summed E-state index contributed by atoms with van der Waals surface area (Å²) in [4.78, 5) is 3.38. The highest BCUT2D eigenvalue weighted by Gasteiger charge is 2.09. The van der Waals surface area contributed by atoms with E-state index in [0.717, 1.165) is 10.9 Å². The predicted molar refractivity (Wildman–Crippen MR) is 82.2 cm³/mol. The first kappa shape index (κ1) is 15.7. The van der Waals surface area contributed by atoms with E-state index < -0.39 is 0 Å². The van der Waals surface area contributed by atoms with Gasteiger partial charge in [-0.3, -0.25) is 0 Å². The second kappa shape index (κ2) is 7.98. The third kappa shape index (κ3) is 4.38. The number of aromatic nitrogens is 1. The van der Waals surface area contributed by atoms with Crippen LogP contribution in [0.1, 0.15) is 65.0 Å². The van der Waals surface area contributed by atoms with Gasteiger partial charge in [0.05, 0.1) is 0 Å². The second-order valence-corrected chi connectivity index (χ2v) is 4.85. The minimum atomic E-state index is -0.165. The van der Waals surface area contributed by atoms with Crippen molar-refractivity contribution in [3.05, 3.63) is 35.8 Å². The van der Waals surface area contributed by atoms with Crippen LogP contribution in [0.25, 0.3) is 10.9 Å². The topological polar surface area (TPSA) is 15.8 Å². The smallest absolute Gasteiger partial charge is 0.123 e. The lowest BCUT2D eigenvalue weighted by molar-refractivity contribution is 0.591. The van der Waals surface area contributed by atoms with Crippen LogP contribution in [0, 0.1) is 5.82 Å². The number of H-pyrrole nitrogens is 1. The Morgan fingerprint density at radius 2 is 1.89 bits per heavy atom. The molecule has 2 aromatic rings. The minimum Gasteiger partial charge on any atom is -0.358 e. The fourth-order valence-electron chi connectivity index (χ4n) is 2.25. The summed E-state index contributed by atoms with van der Waals surface area (Å²) in [6.07, 6.45) is 5.01. The summed E-state index contributed by atoms with van der Waals surface area (Å²) in [7, 11) is 0. The van der Waals surface area contributed by atoms with Crippen LogP contribution in [-0.4, -0.2) is 4.98 Å². The highest BCUT2D eigenvalue weighted by molar-refractivity contribution is 5.80. The molecule has 1 N–H and O–H groups in total. The van der Waals surface area contributed by atoms with Gasteiger partial charge in [0.15, 0.2) is 0 Å². The highest BCUT2D eigenvalue weighted by atomic mass is 19.1. The molecule has 0 spiro atoms. The molecule has 1 unspecified atom stereocenters. The van der Waals surface area contributed by atoms with Crippen molar-refractivity contribution in [2.75, 3.05) is 0 Å². The number of halogens is 1. The van der Waals surface area contributed by atoms with Crippen LogP contribution in [-0.2, 0) is 0 Å². The van der Waals surface area contributed by atoms with Crippen LogP contribution in [0.2, 0.25) is 0 Å². The summed E-state index contributed by atoms with van der Waals surface area (Å²) in [6.45, 7) is 8.45. The third-order valence-corrected chi connectivity index (χ3v) is 3.38. The molecule has 0 radical (unpaired) electrons. The molecule has 106 valence electrons. The van der Waals surface area contributed by atoms with Crippen molar-refractivity contribution in [3.63, 3.8) is 0 Å². The van der Waals surface area contributed by atoms with Gasteiger partial charge in [-0.05, 0) is 36.6 Å². The Morgan fingerprint density at radius 1 is 1.16 bits per heavy atom. The predicted octanol–water partition coefficient (Wildman–Crippen LogP) is 6.02. The molecule has 1 atom stereocenters. The van der Waals surface area contributed by atoms with Crippen molar-refractivity contribution < 1.29 is 4.39 Å². The normalized spacial score (nSPS) is 12.1. The number of rotatable bonds is 5. The summed E-state index contributed by atoms with van der Waals surface area (Å²) >= 11 is 0. The fourth-order valence-corrected chi connectivity index (χ4v) is 2.25. The van der Waals surface area contributed by atoms with Gasteiger partial charge in [0.25, 0.3) is 0 Å². The number of hydrogen-bond donors (Lipinski definition) is 1. The molecule has 2 rings (SSSR count). The van der Waals surface area contributed by atoms with Gasteiger partial charge < -0.3 is 4.98 Å². The van der Waals surface area contributed by atoms with E-state index in [1.165, 1.54) is 37.4 Å². The Bertz CT molecular complexity index is 487. The Hall–Kier alpha value is -1.31. The zero-order chi connectivity index (χ0) is 14.3. The van der Waals surface area contributed by atoms with Gasteiger partial charge in [-0.2, -0.15) is 0 Å². The molecular formula is C17H26FN. The Balaban J connectivity index is 0.000000861. The van der Waals surface area contributed by atoms with Gasteiger partial charge in [0, 0.05) is 16.6 Å². The van der Waals surface area contributed by atoms with Gasteiger partial charge in [-0.1, -0.05) is 47.0 Å². The zero-order valence-electron chi connectivity index (χ0n) is 12.6. The van der Waals surface area contributed by atoms with E-state index in [9.17, 15) is 4.39 Å². The maximum atomic E-state index is 13.1. The van der Waals surface area contributed by atoms with E-state index in [1.807, 2.05) is 19.9 Å². The van der Waals surface area contributed by atoms with Crippen LogP contribution in [0.3, 0.4) is 0 Å². The highest BCUT2D eigenvalue weighted by Crippen LogP contribution is 2.25. The molecule has 19 heavy (non-hydrogen) atoms. The van der Waals surface area contributed by atoms with Gasteiger partial charge in [-0.25, -0.2) is 4.39 Å². The third-order valence-electron chi connectivity index (χ3n) is 3.38. The van der Waals surface area contributed by atoms with Crippen molar-refractivity contribution in [3.8, 4) is 0 Å². The number of benzene rings is 1. The Morgan fingerprint density at radius 3 is 2.58 bits per heavy atom. The maximum absolute atomic E-state index is 13.1. The summed E-state index contributed by atoms with van der Waals surface area (Å²) in [6, 6.07) is 6.99. The molecule has 0 aliphatic rings. The lowest BCUT2D eigenvalue weighted by Gasteiger charge is -2.08. The summed E-state index contributed by atoms with van der Waals surface area (Å²) in [5, 5.41) is 0.974. The van der Waals surface area contributed by atoms with E-state index in [1.54, 1.807) is 6.07 Å². The average molecular weight is 263 g/mol. The average Bonchev–Trinajstić information content (AvgIpc) is 2.84. The minimum absolute atomic E-state index is 0.165. The number of nitrogens with one attached hydrogen (secondary N) is 1. The first-order valence-corrected chi connectivity index (χ1v) is 7.49. The van der Waals surface area contributed by atoms with Crippen molar-refractivity contribution in [2.24, 2.45) is 0 Å². The Labute approximate surface area is 116 Å². The lowest BCUT2D eigenvalue weighted by Crippen LogP contribution is -1.93. The van der Waals surface area contributed by atoms with Crippen LogP contribution in [0.5, 0.6) is 0 Å². The van der Waals surface area contributed by atoms with E-state index in [-0.39, 0.29) is 5.82 Å². The molecule has 0 saturated heterocycles. The van der Waals surface area contributed by atoms with Crippen LogP contribution < -0.4 is 0 Å². The first-order chi connectivity index (χ1) is 9.20. The van der Waals surface area contributed by atoms with E-state index in [2.05, 4.69) is 24.9 Å². The summed E-state index contributed by atoms with van der Waals surface area (Å²) in [5.41, 5.74) is 2.26. The molecule has 0 aliphatic heterocycles. The van der Waals surface area contributed by atoms with E-state index >= 15 is 0 Å². The molecule has 1 aromatic carbocycles. The second-order valence-electron chi connectivity index (χ2n) is 4.85. The first-order valence-electron chi connectivity index (χ1n) is 7.49. The van der Waals surface area contributed by atoms with E-state index in [4.69, 9.17) is 0 Å². The van der Waals surface area contributed by atoms with Crippen LogP contribution >= 0.6 is 0 Å². The van der Waals surface area contributed by atoms with Crippen molar-refractivity contribution in [1.29, 1.82) is 0 Å². The van der Waals surface area contributed by atoms with Crippen molar-refractivity contribution in [2.45, 2.75) is 59.3 Å². The van der Waals surface area contributed by atoms with Gasteiger partial charge >= 0.3 is 0 Å². The van der Waals surface area contributed by atoms with E-state index in [0.29, 0.717) is 5.92 Å². The largest absolute Gasteiger partial charge is 0.358 e. The molecule has 0 bridgehead atoms. The molecule has 0 saturated carbocycles. The van der Waals surface area contributed by atoms with Crippen LogP contribution in [0.15, 0.2) is 24.3 Å². The number of fused-ring (bicyclic) bond motifs is 1. The molecule has 1 aromatic heterocycles. The quantitative estimate of drug-likeness (QED) is 0.635. The molecule has 1 nitrogen and oxygen atoms in total. The standard InChI is InChI=1S/C15H20FN.C2H6/c1-3-4-5-6-11(2)15-10-12-9-13(16)7-8-14(12)17-15;1-2/h7-11,17H,3-6H2,1-2H3;1-2H3. The summed E-state index contributed by atoms with van der Waals surface area (Å²) in [5.74, 6) is 0.360. The maximum Gasteiger partial charge on any atom is 0.123 e. The summed E-state index contributed by atoms with van der Waals surface area (Å²) < 4.78 is 13.1. The fraction of sp³-hybridized carbons (Fsp3) is 0.529. The van der Waals surface area contributed by atoms with Crippen molar-refractivity contribution >= 4 is 10.9 Å². The molecule has 0 aliphatic carbocycles. The molecule has 2 heteroatoms. The van der Waals surface area contributed by atoms with Gasteiger partial charge in [0.2, 0.25) is 0 Å². The zero-order valence-corrected chi connectivity index (χ0v) is 12.6. The monoisotopic (exact) mass is 263 g/mol. The van der Waals surface area contributed by atoms with Gasteiger partial charge in [0.1, 0.15) is 5.82 Å². The van der Waals surface area contributed by atoms with Crippen molar-refractivity contribution in [1.82, 2.24) is 4.98 Å². The Kier molecular flexibility index (Phi) is 6.61. The number of unbranched alkanes of at least 4 members (excludes halogenated alkanes) is 2. The lowest BCUT2D eigenvalue weighted by atomic mass is 10.00. The van der Waals surface area contributed by atoms with Gasteiger partial charge in [-0.15, -0.1) is 0 Å². The number of aromatic amines is 1. The number of hydrogen-bond acceptors (Lipinski definition) is 0.